The van der Waals surface area contributed by atoms with Gasteiger partial charge in [0.2, 0.25) is 0 Å². The first-order valence-electron chi connectivity index (χ1n) is 9.09. The number of benzene rings is 2. The number of aliphatic carboxylic acids is 1. The Morgan fingerprint density at radius 1 is 0.963 bits per heavy atom. The Balaban J connectivity index is 2.63. The SMILES string of the molecule is CC(C)(C)CC(C)(C)c1cc(CC(=O)O)cc(C(=O)c2ccccc2)c1O. The lowest BCUT2D eigenvalue weighted by Gasteiger charge is -2.34. The van der Waals surface area contributed by atoms with Crippen LogP contribution in [0.3, 0.4) is 0 Å². The first kappa shape index (κ1) is 20.7. The predicted molar refractivity (Wildman–Crippen MR) is 106 cm³/mol. The van der Waals surface area contributed by atoms with Crippen LogP contribution in [0.15, 0.2) is 42.5 Å². The van der Waals surface area contributed by atoms with Crippen LogP contribution in [-0.4, -0.2) is 22.0 Å². The van der Waals surface area contributed by atoms with Gasteiger partial charge in [-0.3, -0.25) is 9.59 Å². The Kier molecular flexibility index (Phi) is 5.79. The summed E-state index contributed by atoms with van der Waals surface area (Å²) >= 11 is 0. The number of carbonyl (C=O) groups excluding carboxylic acids is 1. The second kappa shape index (κ2) is 7.55. The number of carboxylic acid groups (broad SMARTS) is 1. The molecule has 144 valence electrons. The number of phenols is 1. The molecule has 0 fully saturated rings. The highest BCUT2D eigenvalue weighted by molar-refractivity contribution is 6.11. The average molecular weight is 368 g/mol. The fourth-order valence-electron chi connectivity index (χ4n) is 3.83. The van der Waals surface area contributed by atoms with Crippen molar-refractivity contribution in [3.63, 3.8) is 0 Å². The van der Waals surface area contributed by atoms with E-state index >= 15 is 0 Å². The zero-order valence-corrected chi connectivity index (χ0v) is 16.7. The minimum atomic E-state index is -0.974. The maximum absolute atomic E-state index is 13.0. The maximum Gasteiger partial charge on any atom is 0.307 e. The van der Waals surface area contributed by atoms with Crippen molar-refractivity contribution >= 4 is 11.8 Å². The molecule has 0 spiro atoms. The highest BCUT2D eigenvalue weighted by atomic mass is 16.4. The molecule has 4 nitrogen and oxygen atoms in total. The molecule has 2 aromatic rings. The standard InChI is InChI=1S/C23H28O4/c1-22(2,3)14-23(4,5)18-12-15(13-19(24)25)11-17(21(18)27)20(26)16-9-7-6-8-10-16/h6-12,27H,13-14H2,1-5H3,(H,24,25). The zero-order chi connectivity index (χ0) is 20.4. The van der Waals surface area contributed by atoms with Gasteiger partial charge < -0.3 is 10.2 Å². The number of rotatable bonds is 6. The molecule has 0 unspecified atom stereocenters. The molecule has 0 saturated carbocycles. The third-order valence-corrected chi connectivity index (χ3v) is 4.51. The van der Waals surface area contributed by atoms with Gasteiger partial charge in [-0.1, -0.05) is 71.0 Å². The fraction of sp³-hybridized carbons (Fsp3) is 0.391. The van der Waals surface area contributed by atoms with E-state index in [-0.39, 0.29) is 28.9 Å². The lowest BCUT2D eigenvalue weighted by Crippen LogP contribution is -2.26. The normalized spacial score (nSPS) is 12.0. The van der Waals surface area contributed by atoms with E-state index in [1.54, 1.807) is 30.3 Å². The van der Waals surface area contributed by atoms with Crippen LogP contribution in [0.4, 0.5) is 0 Å². The quantitative estimate of drug-likeness (QED) is 0.706. The number of hydrogen-bond acceptors (Lipinski definition) is 3. The predicted octanol–water partition coefficient (Wildman–Crippen LogP) is 4.96. The molecule has 0 aromatic heterocycles. The van der Waals surface area contributed by atoms with Crippen molar-refractivity contribution in [2.24, 2.45) is 5.41 Å². The Labute approximate surface area is 160 Å². The highest BCUT2D eigenvalue weighted by Crippen LogP contribution is 2.42. The largest absolute Gasteiger partial charge is 0.507 e. The summed E-state index contributed by atoms with van der Waals surface area (Å²) in [6, 6.07) is 11.9. The lowest BCUT2D eigenvalue weighted by molar-refractivity contribution is -0.136. The van der Waals surface area contributed by atoms with E-state index in [4.69, 9.17) is 0 Å². The van der Waals surface area contributed by atoms with Gasteiger partial charge in [-0.25, -0.2) is 0 Å². The Morgan fingerprint density at radius 2 is 1.56 bits per heavy atom. The van der Waals surface area contributed by atoms with Gasteiger partial charge in [-0.05, 0) is 28.9 Å². The first-order valence-corrected chi connectivity index (χ1v) is 9.09. The van der Waals surface area contributed by atoms with Crippen molar-refractivity contribution in [1.29, 1.82) is 0 Å². The fourth-order valence-corrected chi connectivity index (χ4v) is 3.83. The molecule has 0 aliphatic rings. The number of hydrogen-bond donors (Lipinski definition) is 2. The molecule has 0 atom stereocenters. The summed E-state index contributed by atoms with van der Waals surface area (Å²) in [6.45, 7) is 10.4. The monoisotopic (exact) mass is 368 g/mol. The van der Waals surface area contributed by atoms with Crippen LogP contribution < -0.4 is 0 Å². The maximum atomic E-state index is 13.0. The molecule has 0 aliphatic carbocycles. The number of carboxylic acids is 1. The molecule has 0 heterocycles. The molecule has 0 saturated heterocycles. The Morgan fingerprint density at radius 3 is 2.07 bits per heavy atom. The summed E-state index contributed by atoms with van der Waals surface area (Å²) in [6.07, 6.45) is 0.566. The summed E-state index contributed by atoms with van der Waals surface area (Å²) in [5, 5.41) is 20.2. The van der Waals surface area contributed by atoms with Crippen molar-refractivity contribution in [1.82, 2.24) is 0 Å². The van der Waals surface area contributed by atoms with Gasteiger partial charge in [0.15, 0.2) is 5.78 Å². The summed E-state index contributed by atoms with van der Waals surface area (Å²) in [4.78, 5) is 24.2. The summed E-state index contributed by atoms with van der Waals surface area (Å²) < 4.78 is 0. The molecule has 0 amide bonds. The van der Waals surface area contributed by atoms with Gasteiger partial charge in [0, 0.05) is 11.1 Å². The second-order valence-electron chi connectivity index (χ2n) is 8.93. The summed E-state index contributed by atoms with van der Waals surface area (Å²) in [5.41, 5.74) is 1.30. The van der Waals surface area contributed by atoms with Crippen LogP contribution in [0.25, 0.3) is 0 Å². The van der Waals surface area contributed by atoms with Gasteiger partial charge in [-0.2, -0.15) is 0 Å². The molecule has 0 radical (unpaired) electrons. The second-order valence-corrected chi connectivity index (χ2v) is 8.93. The van der Waals surface area contributed by atoms with Crippen molar-refractivity contribution in [3.05, 3.63) is 64.7 Å². The van der Waals surface area contributed by atoms with E-state index in [0.717, 1.165) is 6.42 Å². The molecule has 0 aliphatic heterocycles. The molecule has 0 bridgehead atoms. The Hall–Kier alpha value is -2.62. The van der Waals surface area contributed by atoms with E-state index in [0.29, 0.717) is 16.7 Å². The van der Waals surface area contributed by atoms with Crippen molar-refractivity contribution in [2.45, 2.75) is 52.9 Å². The van der Waals surface area contributed by atoms with Crippen LogP contribution in [0.5, 0.6) is 5.75 Å². The van der Waals surface area contributed by atoms with Gasteiger partial charge in [-0.15, -0.1) is 0 Å². The smallest absolute Gasteiger partial charge is 0.307 e. The van der Waals surface area contributed by atoms with Crippen LogP contribution in [0, 0.1) is 5.41 Å². The molecule has 2 N–H and O–H groups in total. The molecule has 2 rings (SSSR count). The van der Waals surface area contributed by atoms with E-state index in [2.05, 4.69) is 20.8 Å². The molecule has 27 heavy (non-hydrogen) atoms. The number of aromatic hydroxyl groups is 1. The Bertz CT molecular complexity index is 843. The summed E-state index contributed by atoms with van der Waals surface area (Å²) in [5.74, 6) is -1.35. The van der Waals surface area contributed by atoms with E-state index < -0.39 is 11.4 Å². The van der Waals surface area contributed by atoms with Crippen molar-refractivity contribution < 1.29 is 19.8 Å². The number of carbonyl (C=O) groups is 2. The molecular weight excluding hydrogens is 340 g/mol. The van der Waals surface area contributed by atoms with Gasteiger partial charge >= 0.3 is 5.97 Å². The highest BCUT2D eigenvalue weighted by Gasteiger charge is 2.32. The zero-order valence-electron chi connectivity index (χ0n) is 16.7. The topological polar surface area (TPSA) is 74.6 Å². The molecule has 4 heteroatoms. The third kappa shape index (κ3) is 5.19. The van der Waals surface area contributed by atoms with Gasteiger partial charge in [0.1, 0.15) is 5.75 Å². The minimum Gasteiger partial charge on any atom is -0.507 e. The molecule has 2 aromatic carbocycles. The van der Waals surface area contributed by atoms with Crippen LogP contribution in [-0.2, 0) is 16.6 Å². The van der Waals surface area contributed by atoms with Crippen molar-refractivity contribution in [2.75, 3.05) is 0 Å². The average Bonchev–Trinajstić information content (AvgIpc) is 2.53. The minimum absolute atomic E-state index is 0.00233. The van der Waals surface area contributed by atoms with E-state index in [1.165, 1.54) is 6.07 Å². The third-order valence-electron chi connectivity index (χ3n) is 4.51. The van der Waals surface area contributed by atoms with Crippen LogP contribution >= 0.6 is 0 Å². The van der Waals surface area contributed by atoms with E-state index in [1.807, 2.05) is 19.9 Å². The lowest BCUT2D eigenvalue weighted by atomic mass is 9.71. The summed E-state index contributed by atoms with van der Waals surface area (Å²) in [7, 11) is 0. The number of ketones is 1. The molecular formula is C23H28O4. The van der Waals surface area contributed by atoms with Crippen molar-refractivity contribution in [3.8, 4) is 5.75 Å². The van der Waals surface area contributed by atoms with Crippen LogP contribution in [0.1, 0.15) is 68.1 Å². The van der Waals surface area contributed by atoms with Crippen LogP contribution in [0.2, 0.25) is 0 Å². The first-order chi connectivity index (χ1) is 12.4. The van der Waals surface area contributed by atoms with E-state index in [9.17, 15) is 19.8 Å². The van der Waals surface area contributed by atoms with Gasteiger partial charge in [0.05, 0.1) is 12.0 Å². The number of phenolic OH excluding ortho intramolecular Hbond substituents is 1. The van der Waals surface area contributed by atoms with Gasteiger partial charge in [0.25, 0.3) is 0 Å².